The molecule has 2 aromatic rings. The molecule has 0 unspecified atom stereocenters. The van der Waals surface area contributed by atoms with Gasteiger partial charge < -0.3 is 9.73 Å². The van der Waals surface area contributed by atoms with Crippen LogP contribution in [0.1, 0.15) is 6.92 Å². The molecule has 2 heterocycles. The van der Waals surface area contributed by atoms with Gasteiger partial charge in [-0.2, -0.15) is 0 Å². The van der Waals surface area contributed by atoms with Gasteiger partial charge >= 0.3 is 6.03 Å². The molecule has 3 amide bonds. The quantitative estimate of drug-likeness (QED) is 0.798. The molecule has 1 atom stereocenters. The van der Waals surface area contributed by atoms with E-state index in [1.807, 2.05) is 24.3 Å². The van der Waals surface area contributed by atoms with Crippen LogP contribution in [-0.4, -0.2) is 45.4 Å². The number of halogens is 1. The molecule has 1 aliphatic heterocycles. The molecule has 0 radical (unpaired) electrons. The molecule has 0 spiro atoms. The lowest BCUT2D eigenvalue weighted by atomic mass is 10.2. The number of imide groups is 1. The zero-order chi connectivity index (χ0) is 16.4. The van der Waals surface area contributed by atoms with E-state index < -0.39 is 5.25 Å². The highest BCUT2D eigenvalue weighted by atomic mass is 79.9. The predicted molar refractivity (Wildman–Crippen MR) is 87.9 cm³/mol. The van der Waals surface area contributed by atoms with Crippen molar-refractivity contribution in [2.45, 2.75) is 17.4 Å². The molecule has 1 saturated heterocycles. The van der Waals surface area contributed by atoms with E-state index in [1.165, 1.54) is 4.90 Å². The largest absolute Gasteiger partial charge is 0.411 e. The maximum atomic E-state index is 12.2. The van der Waals surface area contributed by atoms with Gasteiger partial charge in [0.05, 0.1) is 5.25 Å². The molecule has 1 aliphatic rings. The zero-order valence-corrected chi connectivity index (χ0v) is 14.6. The number of aromatic nitrogens is 2. The minimum atomic E-state index is -0.489. The number of urea groups is 1. The van der Waals surface area contributed by atoms with Crippen LogP contribution < -0.4 is 5.32 Å². The minimum absolute atomic E-state index is 0.270. The van der Waals surface area contributed by atoms with Crippen LogP contribution in [0.5, 0.6) is 0 Å². The number of nitrogens with one attached hydrogen (secondary N) is 1. The van der Waals surface area contributed by atoms with Gasteiger partial charge in [0.1, 0.15) is 0 Å². The molecule has 0 aliphatic carbocycles. The Balaban J connectivity index is 1.67. The number of amides is 3. The van der Waals surface area contributed by atoms with Gasteiger partial charge in [-0.1, -0.05) is 27.7 Å². The van der Waals surface area contributed by atoms with Crippen LogP contribution in [0.4, 0.5) is 4.79 Å². The first kappa shape index (κ1) is 16.0. The summed E-state index contributed by atoms with van der Waals surface area (Å²) in [5, 5.41) is 10.3. The average Bonchev–Trinajstić information content (AvgIpc) is 3.16. The summed E-state index contributed by atoms with van der Waals surface area (Å²) in [4.78, 5) is 24.9. The molecular weight excluding hydrogens is 384 g/mol. The summed E-state index contributed by atoms with van der Waals surface area (Å²) < 4.78 is 6.53. The molecule has 9 heteroatoms. The summed E-state index contributed by atoms with van der Waals surface area (Å²) in [6, 6.07) is 7.11. The number of nitrogens with zero attached hydrogens (tertiary/aromatic N) is 3. The van der Waals surface area contributed by atoms with Crippen molar-refractivity contribution in [2.75, 3.05) is 13.1 Å². The van der Waals surface area contributed by atoms with Gasteiger partial charge in [0.25, 0.3) is 5.22 Å². The Morgan fingerprint density at radius 3 is 2.78 bits per heavy atom. The van der Waals surface area contributed by atoms with Crippen molar-refractivity contribution < 1.29 is 14.0 Å². The normalized spacial score (nSPS) is 15.6. The van der Waals surface area contributed by atoms with E-state index in [0.29, 0.717) is 24.2 Å². The highest BCUT2D eigenvalue weighted by molar-refractivity contribution is 9.10. The van der Waals surface area contributed by atoms with E-state index in [-0.39, 0.29) is 11.9 Å². The second-order valence-electron chi connectivity index (χ2n) is 4.86. The molecule has 1 aromatic carbocycles. The summed E-state index contributed by atoms with van der Waals surface area (Å²) >= 11 is 4.50. The molecule has 3 rings (SSSR count). The van der Waals surface area contributed by atoms with Crippen LogP contribution in [0, 0.1) is 0 Å². The minimum Gasteiger partial charge on any atom is -0.411 e. The lowest BCUT2D eigenvalue weighted by molar-refractivity contribution is -0.126. The van der Waals surface area contributed by atoms with Crippen LogP contribution in [0.3, 0.4) is 0 Å². The first-order chi connectivity index (χ1) is 11.0. The smallest absolute Gasteiger partial charge is 0.324 e. The molecule has 120 valence electrons. The molecule has 0 bridgehead atoms. The van der Waals surface area contributed by atoms with Gasteiger partial charge in [0, 0.05) is 23.1 Å². The number of benzene rings is 1. The Morgan fingerprint density at radius 2 is 2.13 bits per heavy atom. The summed E-state index contributed by atoms with van der Waals surface area (Å²) in [6.45, 7) is 2.58. The van der Waals surface area contributed by atoms with Crippen molar-refractivity contribution in [1.82, 2.24) is 20.4 Å². The standard InChI is InChI=1S/C14H13BrN4O3S/c1-8(12(20)19-7-6-16-13(19)21)23-14-18-17-11(22-14)9-2-4-10(15)5-3-9/h2-5,8H,6-7H2,1H3,(H,16,21)/t8-/m0/s1. The lowest BCUT2D eigenvalue weighted by Gasteiger charge is -2.15. The number of carbonyl (C=O) groups is 2. The second kappa shape index (κ2) is 6.71. The summed E-state index contributed by atoms with van der Waals surface area (Å²) in [7, 11) is 0. The van der Waals surface area contributed by atoms with Gasteiger partial charge in [-0.05, 0) is 31.2 Å². The zero-order valence-electron chi connectivity index (χ0n) is 12.2. The van der Waals surface area contributed by atoms with Crippen molar-refractivity contribution in [3.8, 4) is 11.5 Å². The third kappa shape index (κ3) is 3.56. The maximum Gasteiger partial charge on any atom is 0.324 e. The highest BCUT2D eigenvalue weighted by Crippen LogP contribution is 2.27. The Labute approximate surface area is 144 Å². The van der Waals surface area contributed by atoms with Crippen molar-refractivity contribution in [2.24, 2.45) is 0 Å². The van der Waals surface area contributed by atoms with Crippen LogP contribution in [0.2, 0.25) is 0 Å². The molecule has 7 nitrogen and oxygen atoms in total. The number of thioether (sulfide) groups is 1. The van der Waals surface area contributed by atoms with E-state index >= 15 is 0 Å². The van der Waals surface area contributed by atoms with Crippen LogP contribution in [0.15, 0.2) is 38.4 Å². The van der Waals surface area contributed by atoms with E-state index in [9.17, 15) is 9.59 Å². The number of rotatable bonds is 4. The average molecular weight is 397 g/mol. The topological polar surface area (TPSA) is 88.3 Å². The monoisotopic (exact) mass is 396 g/mol. The van der Waals surface area contributed by atoms with Gasteiger partial charge in [-0.15, -0.1) is 10.2 Å². The number of carbonyl (C=O) groups excluding carboxylic acids is 2. The fourth-order valence-corrected chi connectivity index (χ4v) is 3.08. The molecule has 1 aromatic heterocycles. The van der Waals surface area contributed by atoms with E-state index in [4.69, 9.17) is 4.42 Å². The fourth-order valence-electron chi connectivity index (χ4n) is 2.07. The maximum absolute atomic E-state index is 12.2. The molecular formula is C14H13BrN4O3S. The molecule has 0 saturated carbocycles. The fraction of sp³-hybridized carbons (Fsp3) is 0.286. The molecule has 1 N–H and O–H groups in total. The molecule has 23 heavy (non-hydrogen) atoms. The first-order valence-corrected chi connectivity index (χ1v) is 8.57. The van der Waals surface area contributed by atoms with Gasteiger partial charge in [-0.25, -0.2) is 4.79 Å². The van der Waals surface area contributed by atoms with E-state index in [0.717, 1.165) is 21.8 Å². The second-order valence-corrected chi connectivity index (χ2v) is 7.07. The van der Waals surface area contributed by atoms with E-state index in [2.05, 4.69) is 31.4 Å². The number of hydrogen-bond acceptors (Lipinski definition) is 6. The van der Waals surface area contributed by atoms with Crippen molar-refractivity contribution in [3.63, 3.8) is 0 Å². The SMILES string of the molecule is C[C@H](Sc1nnc(-c2ccc(Br)cc2)o1)C(=O)N1CCNC1=O. The van der Waals surface area contributed by atoms with Crippen LogP contribution >= 0.6 is 27.7 Å². The van der Waals surface area contributed by atoms with E-state index in [1.54, 1.807) is 6.92 Å². The van der Waals surface area contributed by atoms with Crippen LogP contribution in [0.25, 0.3) is 11.5 Å². The Bertz CT molecular complexity index is 734. The third-order valence-corrected chi connectivity index (χ3v) is 4.70. The summed E-state index contributed by atoms with van der Waals surface area (Å²) in [5.41, 5.74) is 0.797. The predicted octanol–water partition coefficient (Wildman–Crippen LogP) is 2.53. The van der Waals surface area contributed by atoms with Crippen LogP contribution in [-0.2, 0) is 4.79 Å². The first-order valence-electron chi connectivity index (χ1n) is 6.90. The van der Waals surface area contributed by atoms with Crippen molar-refractivity contribution in [1.29, 1.82) is 0 Å². The number of hydrogen-bond donors (Lipinski definition) is 1. The Kier molecular flexibility index (Phi) is 4.67. The Hall–Kier alpha value is -1.87. The highest BCUT2D eigenvalue weighted by Gasteiger charge is 2.31. The third-order valence-electron chi connectivity index (χ3n) is 3.25. The summed E-state index contributed by atoms with van der Waals surface area (Å²) in [6.07, 6.45) is 0. The van der Waals surface area contributed by atoms with Gasteiger partial charge in [0.2, 0.25) is 11.8 Å². The van der Waals surface area contributed by atoms with Crippen molar-refractivity contribution >= 4 is 39.6 Å². The Morgan fingerprint density at radius 1 is 1.39 bits per heavy atom. The van der Waals surface area contributed by atoms with Gasteiger partial charge in [0.15, 0.2) is 0 Å². The lowest BCUT2D eigenvalue weighted by Crippen LogP contribution is -2.38. The van der Waals surface area contributed by atoms with Gasteiger partial charge in [-0.3, -0.25) is 9.69 Å². The summed E-state index contributed by atoms with van der Waals surface area (Å²) in [5.74, 6) is 0.118. The van der Waals surface area contributed by atoms with Crippen molar-refractivity contribution in [3.05, 3.63) is 28.7 Å². The molecule has 1 fully saturated rings.